The third kappa shape index (κ3) is 13.8. The first-order valence-corrected chi connectivity index (χ1v) is 21.5. The van der Waals surface area contributed by atoms with E-state index in [-0.39, 0.29) is 26.2 Å². The molecule has 0 saturated carbocycles. The van der Waals surface area contributed by atoms with Gasteiger partial charge in [-0.25, -0.2) is 24.4 Å². The van der Waals surface area contributed by atoms with Gasteiger partial charge in [-0.2, -0.15) is 10.5 Å². The van der Waals surface area contributed by atoms with Crippen molar-refractivity contribution in [2.75, 3.05) is 37.7 Å². The lowest BCUT2D eigenvalue weighted by atomic mass is 9.93. The Labute approximate surface area is 366 Å². The lowest BCUT2D eigenvalue weighted by molar-refractivity contribution is -0.147. The van der Waals surface area contributed by atoms with Gasteiger partial charge in [0.05, 0.1) is 17.0 Å². The number of nitriles is 2. The summed E-state index contributed by atoms with van der Waals surface area (Å²) in [4.78, 5) is 49.6. The number of aryl methyl sites for hydroxylation is 2. The van der Waals surface area contributed by atoms with Gasteiger partial charge in [0, 0.05) is 41.2 Å². The normalized spacial score (nSPS) is 13.1. The van der Waals surface area contributed by atoms with Crippen LogP contribution in [0.1, 0.15) is 89.7 Å². The highest BCUT2D eigenvalue weighted by molar-refractivity contribution is 7.13. The van der Waals surface area contributed by atoms with E-state index in [1.54, 1.807) is 77.1 Å². The summed E-state index contributed by atoms with van der Waals surface area (Å²) in [5, 5.41) is 29.8. The molecule has 1 aliphatic heterocycles. The van der Waals surface area contributed by atoms with E-state index < -0.39 is 35.4 Å². The predicted octanol–water partition coefficient (Wildman–Crippen LogP) is 8.77. The molecule has 2 N–H and O–H groups in total. The van der Waals surface area contributed by atoms with E-state index in [0.717, 1.165) is 42.2 Å². The summed E-state index contributed by atoms with van der Waals surface area (Å²) in [6.45, 7) is 12.0. The van der Waals surface area contributed by atoms with E-state index >= 15 is 0 Å². The van der Waals surface area contributed by atoms with Crippen molar-refractivity contribution in [1.29, 1.82) is 10.5 Å². The third-order valence-corrected chi connectivity index (χ3v) is 10.4. The molecule has 2 aromatic carbocycles. The van der Waals surface area contributed by atoms with E-state index in [0.29, 0.717) is 63.8 Å². The molecule has 1 fully saturated rings. The van der Waals surface area contributed by atoms with Crippen molar-refractivity contribution in [2.24, 2.45) is 0 Å². The Balaban J connectivity index is 1.25. The van der Waals surface area contributed by atoms with E-state index in [4.69, 9.17) is 40.5 Å². The largest absolute Gasteiger partial charge is 0.490 e. The molecule has 1 atom stereocenters. The van der Waals surface area contributed by atoms with Crippen LogP contribution < -0.4 is 20.3 Å². The Bertz CT molecular complexity index is 2230. The van der Waals surface area contributed by atoms with Gasteiger partial charge in [-0.15, -0.1) is 11.3 Å². The monoisotopic (exact) mass is 869 g/mol. The topological polar surface area (TPSA) is 189 Å². The third-order valence-electron chi connectivity index (χ3n) is 9.20. The average Bonchev–Trinajstić information content (AvgIpc) is 3.92. The number of esters is 1. The minimum Gasteiger partial charge on any atom is -0.490 e. The molecule has 0 aliphatic carbocycles. The second kappa shape index (κ2) is 21.1. The Hall–Kier alpha value is -5.90. The molecule has 1 unspecified atom stereocenters. The summed E-state index contributed by atoms with van der Waals surface area (Å²) in [6.07, 6.45) is 2.12. The summed E-state index contributed by atoms with van der Waals surface area (Å²) >= 11 is 7.62. The maximum atomic E-state index is 13.1. The van der Waals surface area contributed by atoms with Crippen LogP contribution in [-0.4, -0.2) is 78.2 Å². The highest BCUT2D eigenvalue weighted by Gasteiger charge is 2.28. The van der Waals surface area contributed by atoms with Gasteiger partial charge >= 0.3 is 18.2 Å². The van der Waals surface area contributed by atoms with Crippen molar-refractivity contribution in [2.45, 2.75) is 97.3 Å². The standard InChI is InChI=1S/C45H52ClN7O7S/c1-44(2,3)59-42(55)49-21-9-10-37(52-43(56)60-45(4,5)6)41(54)58-25-24-57-33-18-13-29(14-19-33)38-34(26-47)36(51-39(35(38)27-48)53-22-7-8-23-53)20-17-32-28-61-40(50-32)30-11-15-31(46)16-12-30/h11-16,18-19,28,37H,7-10,17,20-25H2,1-6H3,(H,49,55)(H,52,56). The fourth-order valence-corrected chi connectivity index (χ4v) is 7.48. The number of thiazole rings is 1. The number of aromatic nitrogens is 2. The quantitative estimate of drug-likeness (QED) is 0.0620. The number of nitrogens with zero attached hydrogens (tertiary/aromatic N) is 5. The van der Waals surface area contributed by atoms with Gasteiger partial charge in [0.1, 0.15) is 64.7 Å². The van der Waals surface area contributed by atoms with Crippen molar-refractivity contribution in [3.05, 3.63) is 81.4 Å². The summed E-state index contributed by atoms with van der Waals surface area (Å²) < 4.78 is 22.0. The predicted molar refractivity (Wildman–Crippen MR) is 234 cm³/mol. The van der Waals surface area contributed by atoms with Crippen LogP contribution in [0.3, 0.4) is 0 Å². The molecule has 4 aromatic rings. The Morgan fingerprint density at radius 2 is 1.49 bits per heavy atom. The Kier molecular flexibility index (Phi) is 15.9. The lowest BCUT2D eigenvalue weighted by Gasteiger charge is -2.23. The number of anilines is 1. The number of halogens is 1. The number of ether oxygens (including phenoxy) is 4. The van der Waals surface area contributed by atoms with E-state index in [9.17, 15) is 24.9 Å². The van der Waals surface area contributed by atoms with Crippen LogP contribution >= 0.6 is 22.9 Å². The van der Waals surface area contributed by atoms with Crippen molar-refractivity contribution >= 4 is 46.9 Å². The molecule has 0 bridgehead atoms. The van der Waals surface area contributed by atoms with Crippen LogP contribution in [0.2, 0.25) is 5.02 Å². The Morgan fingerprint density at radius 3 is 2.13 bits per heavy atom. The molecule has 14 nitrogen and oxygen atoms in total. The molecule has 16 heteroatoms. The summed E-state index contributed by atoms with van der Waals surface area (Å²) in [5.74, 6) is 0.363. The molecule has 2 amide bonds. The fraction of sp³-hybridized carbons (Fsp3) is 0.444. The highest BCUT2D eigenvalue weighted by Crippen LogP contribution is 2.37. The van der Waals surface area contributed by atoms with Crippen LogP contribution in [0.5, 0.6) is 5.75 Å². The number of carbonyl (C=O) groups excluding carboxylic acids is 3. The van der Waals surface area contributed by atoms with Gasteiger partial charge < -0.3 is 34.5 Å². The number of carbonyl (C=O) groups is 3. The second-order valence-corrected chi connectivity index (χ2v) is 17.7. The first kappa shape index (κ1) is 46.2. The molecule has 0 radical (unpaired) electrons. The van der Waals surface area contributed by atoms with Crippen LogP contribution in [-0.2, 0) is 31.8 Å². The van der Waals surface area contributed by atoms with Crippen molar-refractivity contribution in [3.8, 4) is 39.6 Å². The number of pyridine rings is 1. The minimum atomic E-state index is -1.04. The Morgan fingerprint density at radius 1 is 0.852 bits per heavy atom. The van der Waals surface area contributed by atoms with Gasteiger partial charge in [-0.3, -0.25) is 0 Å². The summed E-state index contributed by atoms with van der Waals surface area (Å²) in [7, 11) is 0. The SMILES string of the molecule is CC(C)(C)OC(=O)NCCCC(NC(=O)OC(C)(C)C)C(=O)OCCOc1ccc(-c2c(C#N)c(CCc3csc(-c4ccc(Cl)cc4)n3)nc(N3CCCC3)c2C#N)cc1. The van der Waals surface area contributed by atoms with Crippen LogP contribution in [0, 0.1) is 22.7 Å². The summed E-state index contributed by atoms with van der Waals surface area (Å²) in [5.41, 5.74) is 2.87. The van der Waals surface area contributed by atoms with E-state index in [1.165, 1.54) is 0 Å². The van der Waals surface area contributed by atoms with Gasteiger partial charge in [-0.1, -0.05) is 35.9 Å². The summed E-state index contributed by atoms with van der Waals surface area (Å²) in [6, 6.07) is 18.3. The molecule has 1 saturated heterocycles. The number of hydrogen-bond acceptors (Lipinski definition) is 13. The highest BCUT2D eigenvalue weighted by atomic mass is 35.5. The van der Waals surface area contributed by atoms with E-state index in [1.807, 2.05) is 29.6 Å². The van der Waals surface area contributed by atoms with Crippen molar-refractivity contribution < 1.29 is 33.3 Å². The molecular weight excluding hydrogens is 818 g/mol. The van der Waals surface area contributed by atoms with Gasteiger partial charge in [0.15, 0.2) is 0 Å². The van der Waals surface area contributed by atoms with Crippen LogP contribution in [0.15, 0.2) is 53.9 Å². The zero-order chi connectivity index (χ0) is 44.2. The van der Waals surface area contributed by atoms with Gasteiger partial charge in [0.2, 0.25) is 0 Å². The maximum Gasteiger partial charge on any atom is 0.408 e. The van der Waals surface area contributed by atoms with Gasteiger partial charge in [-0.05, 0) is 110 Å². The van der Waals surface area contributed by atoms with Crippen LogP contribution in [0.25, 0.3) is 21.7 Å². The smallest absolute Gasteiger partial charge is 0.408 e. The molecule has 0 spiro atoms. The molecule has 3 heterocycles. The zero-order valence-corrected chi connectivity index (χ0v) is 37.0. The number of amides is 2. The minimum absolute atomic E-state index is 0.00615. The number of nitrogens with one attached hydrogen (secondary N) is 2. The first-order chi connectivity index (χ1) is 29.0. The van der Waals surface area contributed by atoms with Gasteiger partial charge in [0.25, 0.3) is 0 Å². The fourth-order valence-electron chi connectivity index (χ4n) is 6.50. The molecule has 2 aromatic heterocycles. The van der Waals surface area contributed by atoms with Crippen molar-refractivity contribution in [3.63, 3.8) is 0 Å². The average molecular weight is 870 g/mol. The van der Waals surface area contributed by atoms with Crippen LogP contribution in [0.4, 0.5) is 15.4 Å². The first-order valence-electron chi connectivity index (χ1n) is 20.2. The number of alkyl carbamates (subject to hydrolysis) is 2. The zero-order valence-electron chi connectivity index (χ0n) is 35.4. The molecule has 1 aliphatic rings. The maximum absolute atomic E-state index is 13.1. The molecule has 322 valence electrons. The molecule has 5 rings (SSSR count). The molecular formula is C45H52ClN7O7S. The van der Waals surface area contributed by atoms with E-state index in [2.05, 4.69) is 27.7 Å². The molecule has 61 heavy (non-hydrogen) atoms. The van der Waals surface area contributed by atoms with Crippen molar-refractivity contribution in [1.82, 2.24) is 20.6 Å². The number of rotatable bonds is 16. The lowest BCUT2D eigenvalue weighted by Crippen LogP contribution is -2.45. The second-order valence-electron chi connectivity index (χ2n) is 16.4. The number of benzene rings is 2. The number of hydrogen-bond donors (Lipinski definition) is 2.